The number of esters is 3. The van der Waals surface area contributed by atoms with Crippen LogP contribution in [0.3, 0.4) is 0 Å². The Morgan fingerprint density at radius 3 is 1.17 bits per heavy atom. The van der Waals surface area contributed by atoms with E-state index in [0.717, 1.165) is 77.0 Å². The Morgan fingerprint density at radius 2 is 0.698 bits per heavy atom. The first-order chi connectivity index (χ1) is 31.0. The van der Waals surface area contributed by atoms with Crippen LogP contribution in [0.2, 0.25) is 0 Å². The molecule has 6 heteroatoms. The molecule has 1 unspecified atom stereocenters. The molecule has 0 fully saturated rings. The molecule has 0 saturated heterocycles. The summed E-state index contributed by atoms with van der Waals surface area (Å²) in [7, 11) is 0. The van der Waals surface area contributed by atoms with Crippen LogP contribution in [0.1, 0.15) is 239 Å². The number of hydrogen-bond acceptors (Lipinski definition) is 6. The molecule has 6 nitrogen and oxygen atoms in total. The first-order valence-electron chi connectivity index (χ1n) is 26.2. The molecule has 63 heavy (non-hydrogen) atoms. The van der Waals surface area contributed by atoms with Gasteiger partial charge in [-0.05, 0) is 57.8 Å². The van der Waals surface area contributed by atoms with Crippen molar-refractivity contribution < 1.29 is 28.6 Å². The zero-order chi connectivity index (χ0) is 45.8. The summed E-state index contributed by atoms with van der Waals surface area (Å²) >= 11 is 0. The van der Waals surface area contributed by atoms with Gasteiger partial charge in [-0.1, -0.05) is 247 Å². The summed E-state index contributed by atoms with van der Waals surface area (Å²) in [5.74, 6) is -0.996. The van der Waals surface area contributed by atoms with E-state index in [1.165, 1.54) is 116 Å². The van der Waals surface area contributed by atoms with E-state index in [1.807, 2.05) is 30.4 Å². The highest BCUT2D eigenvalue weighted by Gasteiger charge is 2.19. The zero-order valence-corrected chi connectivity index (χ0v) is 41.1. The first-order valence-corrected chi connectivity index (χ1v) is 26.2. The van der Waals surface area contributed by atoms with Crippen molar-refractivity contribution in [3.05, 3.63) is 85.1 Å². The minimum atomic E-state index is -0.808. The number of rotatable bonds is 46. The molecule has 1 atom stereocenters. The van der Waals surface area contributed by atoms with Crippen LogP contribution in [0.5, 0.6) is 0 Å². The Bertz CT molecular complexity index is 1240. The van der Waals surface area contributed by atoms with Gasteiger partial charge in [0.1, 0.15) is 13.2 Å². The maximum absolute atomic E-state index is 12.8. The Hall–Kier alpha value is -3.41. The molecule has 0 spiro atoms. The summed E-state index contributed by atoms with van der Waals surface area (Å²) in [5, 5.41) is 0. The van der Waals surface area contributed by atoms with Crippen molar-refractivity contribution in [2.45, 2.75) is 245 Å². The predicted molar refractivity (Wildman–Crippen MR) is 270 cm³/mol. The van der Waals surface area contributed by atoms with Crippen LogP contribution in [0.4, 0.5) is 0 Å². The molecule has 0 heterocycles. The molecule has 0 N–H and O–H groups in total. The first kappa shape index (κ1) is 59.6. The van der Waals surface area contributed by atoms with E-state index in [9.17, 15) is 14.4 Å². The van der Waals surface area contributed by atoms with Gasteiger partial charge in [0.25, 0.3) is 0 Å². The average molecular weight is 877 g/mol. The van der Waals surface area contributed by atoms with E-state index >= 15 is 0 Å². The van der Waals surface area contributed by atoms with Crippen LogP contribution in [0.15, 0.2) is 85.1 Å². The highest BCUT2D eigenvalue weighted by atomic mass is 16.6. The molecule has 0 aromatic heterocycles. The highest BCUT2D eigenvalue weighted by molar-refractivity contribution is 5.71. The van der Waals surface area contributed by atoms with Crippen LogP contribution in [-0.4, -0.2) is 37.2 Å². The summed E-state index contributed by atoms with van der Waals surface area (Å²) in [5.41, 5.74) is 0. The van der Waals surface area contributed by atoms with Gasteiger partial charge in [0.15, 0.2) is 6.10 Å². The smallest absolute Gasteiger partial charge is 0.306 e. The van der Waals surface area contributed by atoms with Gasteiger partial charge >= 0.3 is 17.9 Å². The third-order valence-electron chi connectivity index (χ3n) is 11.0. The zero-order valence-electron chi connectivity index (χ0n) is 41.1. The van der Waals surface area contributed by atoms with Gasteiger partial charge in [0.2, 0.25) is 0 Å². The number of hydrogen-bond donors (Lipinski definition) is 0. The fourth-order valence-corrected chi connectivity index (χ4v) is 7.05. The summed E-state index contributed by atoms with van der Waals surface area (Å²) in [6.07, 6.45) is 65.7. The summed E-state index contributed by atoms with van der Waals surface area (Å²) in [6, 6.07) is 0. The number of carbonyl (C=O) groups excluding carboxylic acids is 3. The van der Waals surface area contributed by atoms with Crippen LogP contribution < -0.4 is 0 Å². The third-order valence-corrected chi connectivity index (χ3v) is 11.0. The summed E-state index contributed by atoms with van der Waals surface area (Å²) < 4.78 is 16.7. The molecule has 0 radical (unpaired) electrons. The predicted octanol–water partition coefficient (Wildman–Crippen LogP) is 17.2. The van der Waals surface area contributed by atoms with E-state index in [1.54, 1.807) is 0 Å². The van der Waals surface area contributed by atoms with Crippen LogP contribution in [-0.2, 0) is 28.6 Å². The molecule has 0 aliphatic carbocycles. The normalized spacial score (nSPS) is 12.7. The number of carbonyl (C=O) groups is 3. The van der Waals surface area contributed by atoms with E-state index in [0.29, 0.717) is 19.3 Å². The van der Waals surface area contributed by atoms with Gasteiger partial charge in [0, 0.05) is 19.3 Å². The molecular weight excluding hydrogens is 781 g/mol. The largest absolute Gasteiger partial charge is 0.462 e. The Balaban J connectivity index is 4.49. The van der Waals surface area contributed by atoms with E-state index in [2.05, 4.69) is 75.5 Å². The Kier molecular flexibility index (Phi) is 48.5. The fourth-order valence-electron chi connectivity index (χ4n) is 7.05. The second-order valence-electron chi connectivity index (χ2n) is 17.2. The summed E-state index contributed by atoms with van der Waals surface area (Å²) in [4.78, 5) is 37.9. The Labute approximate surface area is 388 Å². The van der Waals surface area contributed by atoms with Crippen molar-refractivity contribution in [1.82, 2.24) is 0 Å². The Morgan fingerprint density at radius 1 is 0.333 bits per heavy atom. The molecule has 0 rings (SSSR count). The van der Waals surface area contributed by atoms with Crippen molar-refractivity contribution in [2.75, 3.05) is 13.2 Å². The van der Waals surface area contributed by atoms with Crippen molar-refractivity contribution in [1.29, 1.82) is 0 Å². The van der Waals surface area contributed by atoms with Gasteiger partial charge < -0.3 is 14.2 Å². The molecule has 0 aliphatic heterocycles. The molecule has 0 aliphatic rings. The molecule has 0 aromatic carbocycles. The second kappa shape index (κ2) is 51.2. The summed E-state index contributed by atoms with van der Waals surface area (Å²) in [6.45, 7) is 6.47. The highest BCUT2D eigenvalue weighted by Crippen LogP contribution is 2.15. The van der Waals surface area contributed by atoms with Crippen molar-refractivity contribution in [3.8, 4) is 0 Å². The minimum Gasteiger partial charge on any atom is -0.462 e. The molecule has 0 aromatic rings. The van der Waals surface area contributed by atoms with Crippen molar-refractivity contribution in [3.63, 3.8) is 0 Å². The van der Waals surface area contributed by atoms with Gasteiger partial charge in [-0.25, -0.2) is 0 Å². The molecule has 0 bridgehead atoms. The fraction of sp³-hybridized carbons (Fsp3) is 0.702. The maximum atomic E-state index is 12.8. The SMILES string of the molecule is CCC\C=C/C=C\C=C/C=C\C=C/CCCCCCCC(=O)OCC(COC(=O)CC/C=C\C/C=C\CCCCCCCC)OC(=O)CCCCCCCCCCCCCCCC. The van der Waals surface area contributed by atoms with Gasteiger partial charge in [-0.15, -0.1) is 0 Å². The quantitative estimate of drug-likeness (QED) is 0.0199. The van der Waals surface area contributed by atoms with Crippen molar-refractivity contribution >= 4 is 17.9 Å². The maximum Gasteiger partial charge on any atom is 0.306 e. The monoisotopic (exact) mass is 877 g/mol. The van der Waals surface area contributed by atoms with Crippen LogP contribution in [0, 0.1) is 0 Å². The lowest BCUT2D eigenvalue weighted by molar-refractivity contribution is -0.166. The molecule has 0 amide bonds. The van der Waals surface area contributed by atoms with E-state index in [4.69, 9.17) is 14.2 Å². The topological polar surface area (TPSA) is 78.9 Å². The average Bonchev–Trinajstić information content (AvgIpc) is 3.28. The van der Waals surface area contributed by atoms with Gasteiger partial charge in [0.05, 0.1) is 0 Å². The number of ether oxygens (including phenoxy) is 3. The van der Waals surface area contributed by atoms with Gasteiger partial charge in [-0.2, -0.15) is 0 Å². The molecule has 0 saturated carbocycles. The van der Waals surface area contributed by atoms with Crippen LogP contribution >= 0.6 is 0 Å². The van der Waals surface area contributed by atoms with Crippen molar-refractivity contribution in [2.24, 2.45) is 0 Å². The standard InChI is InChI=1S/C57H96O6/c1-4-7-10-13-16-19-22-25-27-28-29-30-33-35-38-41-44-47-50-56(59)62-53-54(52-61-55(58)49-46-43-40-37-34-31-24-21-18-15-12-9-6-3)63-57(60)51-48-45-42-39-36-32-26-23-20-17-14-11-8-5-2/h10,13,16,19,22,25,27-31,34,40,43,54H,4-9,11-12,14-15,17-18,20-21,23-24,26,32-33,35-39,41-42,44-53H2,1-3H3/b13-10-,19-16-,25-22-,28-27-,30-29-,34-31-,43-40-. The second-order valence-corrected chi connectivity index (χ2v) is 17.2. The minimum absolute atomic E-state index is 0.106. The number of unbranched alkanes of at least 4 members (excludes halogenated alkanes) is 25. The van der Waals surface area contributed by atoms with E-state index < -0.39 is 6.10 Å². The number of allylic oxidation sites excluding steroid dienone is 14. The third kappa shape index (κ3) is 49.5. The molecule has 360 valence electrons. The van der Waals surface area contributed by atoms with Gasteiger partial charge in [-0.3, -0.25) is 14.4 Å². The lowest BCUT2D eigenvalue weighted by Crippen LogP contribution is -2.30. The lowest BCUT2D eigenvalue weighted by atomic mass is 10.0. The lowest BCUT2D eigenvalue weighted by Gasteiger charge is -2.18. The van der Waals surface area contributed by atoms with Crippen LogP contribution in [0.25, 0.3) is 0 Å². The van der Waals surface area contributed by atoms with E-state index in [-0.39, 0.29) is 37.5 Å². The molecular formula is C57H96O6.